The third kappa shape index (κ3) is 5.74. The lowest BCUT2D eigenvalue weighted by Crippen LogP contribution is -2.34. The van der Waals surface area contributed by atoms with E-state index >= 15 is 0 Å². The lowest BCUT2D eigenvalue weighted by molar-refractivity contribution is -0.141. The summed E-state index contributed by atoms with van der Waals surface area (Å²) >= 11 is 0. The van der Waals surface area contributed by atoms with Crippen LogP contribution in [0.15, 0.2) is 0 Å². The van der Waals surface area contributed by atoms with Gasteiger partial charge in [-0.3, -0.25) is 9.59 Å². The van der Waals surface area contributed by atoms with Gasteiger partial charge in [-0.2, -0.15) is 0 Å². The zero-order chi connectivity index (χ0) is 10.3. The summed E-state index contributed by atoms with van der Waals surface area (Å²) in [6.07, 6.45) is 5.51. The molecule has 0 bridgehead atoms. The van der Waals surface area contributed by atoms with Crippen LogP contribution in [-0.4, -0.2) is 25.0 Å². The van der Waals surface area contributed by atoms with Crippen molar-refractivity contribution in [1.82, 2.24) is 5.32 Å². The summed E-state index contributed by atoms with van der Waals surface area (Å²) in [5.41, 5.74) is 0. The van der Waals surface area contributed by atoms with Crippen LogP contribution >= 0.6 is 0 Å². The van der Waals surface area contributed by atoms with E-state index in [9.17, 15) is 9.59 Å². The average Bonchev–Trinajstić information content (AvgIpc) is 2.03. The first-order valence-electron chi connectivity index (χ1n) is 3.87. The molecule has 0 saturated carbocycles. The first-order chi connectivity index (χ1) is 6.10. The molecule has 0 aliphatic rings. The van der Waals surface area contributed by atoms with Crippen molar-refractivity contribution in [3.63, 3.8) is 0 Å². The number of hydrogen-bond donors (Lipinski definition) is 1. The summed E-state index contributed by atoms with van der Waals surface area (Å²) < 4.78 is 4.45. The van der Waals surface area contributed by atoms with Crippen LogP contribution in [0.1, 0.15) is 19.8 Å². The molecule has 72 valence electrons. The first-order valence-corrected chi connectivity index (χ1v) is 3.87. The highest BCUT2D eigenvalue weighted by Crippen LogP contribution is 1.98. The van der Waals surface area contributed by atoms with Crippen LogP contribution in [-0.2, 0) is 14.3 Å². The third-order valence-corrected chi connectivity index (χ3v) is 1.41. The highest BCUT2D eigenvalue weighted by molar-refractivity contribution is 5.75. The molecule has 0 aromatic heterocycles. The quantitative estimate of drug-likeness (QED) is 0.496. The lowest BCUT2D eigenvalue weighted by Gasteiger charge is -2.13. The summed E-state index contributed by atoms with van der Waals surface area (Å²) in [4.78, 5) is 21.5. The van der Waals surface area contributed by atoms with Crippen molar-refractivity contribution in [2.45, 2.75) is 25.8 Å². The van der Waals surface area contributed by atoms with Gasteiger partial charge in [0, 0.05) is 13.3 Å². The van der Waals surface area contributed by atoms with E-state index in [0.29, 0.717) is 6.42 Å². The van der Waals surface area contributed by atoms with Crippen LogP contribution in [0.25, 0.3) is 0 Å². The molecular weight excluding hydrogens is 170 g/mol. The van der Waals surface area contributed by atoms with E-state index in [1.807, 2.05) is 0 Å². The molecule has 4 heteroatoms. The molecule has 13 heavy (non-hydrogen) atoms. The molecule has 0 rings (SSSR count). The van der Waals surface area contributed by atoms with Crippen molar-refractivity contribution >= 4 is 11.9 Å². The number of esters is 1. The van der Waals surface area contributed by atoms with Crippen LogP contribution in [0.5, 0.6) is 0 Å². The van der Waals surface area contributed by atoms with Crippen molar-refractivity contribution in [2.75, 3.05) is 7.11 Å². The van der Waals surface area contributed by atoms with Crippen molar-refractivity contribution < 1.29 is 14.3 Å². The Morgan fingerprint density at radius 1 is 1.62 bits per heavy atom. The minimum atomic E-state index is -0.381. The Labute approximate surface area is 77.6 Å². The van der Waals surface area contributed by atoms with Gasteiger partial charge in [0.05, 0.1) is 19.6 Å². The maximum absolute atomic E-state index is 10.8. The summed E-state index contributed by atoms with van der Waals surface area (Å²) in [7, 11) is 1.29. The zero-order valence-electron chi connectivity index (χ0n) is 7.79. The van der Waals surface area contributed by atoms with Crippen molar-refractivity contribution in [2.24, 2.45) is 0 Å². The molecule has 0 aliphatic heterocycles. The summed E-state index contributed by atoms with van der Waals surface area (Å²) in [6, 6.07) is -0.324. The lowest BCUT2D eigenvalue weighted by atomic mass is 10.1. The molecule has 4 nitrogen and oxygen atoms in total. The number of terminal acetylenes is 1. The SMILES string of the molecule is C#CC[C@@H](CC(=O)OC)NC(C)=O. The Morgan fingerprint density at radius 2 is 2.23 bits per heavy atom. The number of hydrogen-bond acceptors (Lipinski definition) is 3. The minimum Gasteiger partial charge on any atom is -0.469 e. The van der Waals surface area contributed by atoms with Crippen molar-refractivity contribution in [3.05, 3.63) is 0 Å². The van der Waals surface area contributed by atoms with Crippen LogP contribution in [0, 0.1) is 12.3 Å². The van der Waals surface area contributed by atoms with E-state index in [4.69, 9.17) is 6.42 Å². The average molecular weight is 183 g/mol. The second kappa shape index (κ2) is 6.06. The topological polar surface area (TPSA) is 55.4 Å². The number of carbonyl (C=O) groups is 2. The molecule has 0 unspecified atom stereocenters. The Kier molecular flexibility index (Phi) is 5.37. The molecular formula is C9H13NO3. The molecule has 0 fully saturated rings. The van der Waals surface area contributed by atoms with Gasteiger partial charge in [0.1, 0.15) is 0 Å². The van der Waals surface area contributed by atoms with Gasteiger partial charge < -0.3 is 10.1 Å². The second-order valence-electron chi connectivity index (χ2n) is 2.59. The molecule has 0 aromatic rings. The van der Waals surface area contributed by atoms with Gasteiger partial charge in [0.25, 0.3) is 0 Å². The molecule has 0 radical (unpaired) electrons. The van der Waals surface area contributed by atoms with Crippen LogP contribution in [0.3, 0.4) is 0 Å². The molecule has 1 amide bonds. The monoisotopic (exact) mass is 183 g/mol. The highest BCUT2D eigenvalue weighted by atomic mass is 16.5. The van der Waals surface area contributed by atoms with E-state index < -0.39 is 0 Å². The predicted molar refractivity (Wildman–Crippen MR) is 47.7 cm³/mol. The van der Waals surface area contributed by atoms with Gasteiger partial charge in [-0.1, -0.05) is 0 Å². The van der Waals surface area contributed by atoms with Crippen LogP contribution < -0.4 is 5.32 Å². The Morgan fingerprint density at radius 3 is 2.62 bits per heavy atom. The predicted octanol–water partition coefficient (Wildman–Crippen LogP) is 0.0775. The number of nitrogens with one attached hydrogen (secondary N) is 1. The molecule has 0 saturated heterocycles. The van der Waals surface area contributed by atoms with Crippen molar-refractivity contribution in [3.8, 4) is 12.3 Å². The molecule has 0 spiro atoms. The third-order valence-electron chi connectivity index (χ3n) is 1.41. The maximum atomic E-state index is 10.8. The van der Waals surface area contributed by atoms with Gasteiger partial charge >= 0.3 is 5.97 Å². The van der Waals surface area contributed by atoms with Gasteiger partial charge in [-0.25, -0.2) is 0 Å². The van der Waals surface area contributed by atoms with Crippen LogP contribution in [0.4, 0.5) is 0 Å². The van der Waals surface area contributed by atoms with Crippen LogP contribution in [0.2, 0.25) is 0 Å². The Hall–Kier alpha value is -1.50. The largest absolute Gasteiger partial charge is 0.469 e. The standard InChI is InChI=1S/C9H13NO3/c1-4-5-8(10-7(2)11)6-9(12)13-3/h1,8H,5-6H2,2-3H3,(H,10,11)/t8-/m0/s1. The van der Waals surface area contributed by atoms with Gasteiger partial charge in [0.2, 0.25) is 5.91 Å². The molecule has 0 heterocycles. The normalized spacial score (nSPS) is 11.2. The first kappa shape index (κ1) is 11.5. The number of rotatable bonds is 4. The number of methoxy groups -OCH3 is 1. The van der Waals surface area contributed by atoms with E-state index in [1.54, 1.807) is 0 Å². The molecule has 0 aromatic carbocycles. The molecule has 1 N–H and O–H groups in total. The van der Waals surface area contributed by atoms with Crippen molar-refractivity contribution in [1.29, 1.82) is 0 Å². The number of carbonyl (C=O) groups excluding carboxylic acids is 2. The number of amides is 1. The van der Waals surface area contributed by atoms with Gasteiger partial charge in [-0.15, -0.1) is 12.3 Å². The zero-order valence-corrected chi connectivity index (χ0v) is 7.79. The fourth-order valence-corrected chi connectivity index (χ4v) is 0.888. The Balaban J connectivity index is 4.02. The smallest absolute Gasteiger partial charge is 0.307 e. The Bertz CT molecular complexity index is 230. The summed E-state index contributed by atoms with van der Waals surface area (Å²) in [6.45, 7) is 1.38. The molecule has 1 atom stereocenters. The maximum Gasteiger partial charge on any atom is 0.307 e. The summed E-state index contributed by atoms with van der Waals surface area (Å²) in [5.74, 6) is 1.80. The summed E-state index contributed by atoms with van der Waals surface area (Å²) in [5, 5.41) is 2.56. The second-order valence-corrected chi connectivity index (χ2v) is 2.59. The van der Waals surface area contributed by atoms with E-state index in [0.717, 1.165) is 0 Å². The minimum absolute atomic E-state index is 0.111. The molecule has 0 aliphatic carbocycles. The highest BCUT2D eigenvalue weighted by Gasteiger charge is 2.13. The van der Waals surface area contributed by atoms with Gasteiger partial charge in [0.15, 0.2) is 0 Å². The number of ether oxygens (including phenoxy) is 1. The van der Waals surface area contributed by atoms with E-state index in [-0.39, 0.29) is 24.3 Å². The van der Waals surface area contributed by atoms with Gasteiger partial charge in [-0.05, 0) is 0 Å². The fourth-order valence-electron chi connectivity index (χ4n) is 0.888. The fraction of sp³-hybridized carbons (Fsp3) is 0.556. The van der Waals surface area contributed by atoms with E-state index in [1.165, 1.54) is 14.0 Å². The van der Waals surface area contributed by atoms with E-state index in [2.05, 4.69) is 16.0 Å².